The lowest BCUT2D eigenvalue weighted by Crippen LogP contribution is -2.30. The topological polar surface area (TPSA) is 57.6 Å². The van der Waals surface area contributed by atoms with Crippen LogP contribution in [0.25, 0.3) is 5.76 Å². The van der Waals surface area contributed by atoms with Gasteiger partial charge < -0.3 is 10.0 Å². The molecule has 5 heteroatoms. The number of hydrogen-bond donors (Lipinski definition) is 1. The third kappa shape index (κ3) is 2.97. The first-order chi connectivity index (χ1) is 12.4. The zero-order valence-electron chi connectivity index (χ0n) is 15.5. The Morgan fingerprint density at radius 1 is 1.12 bits per heavy atom. The molecule has 136 valence electrons. The molecule has 2 heterocycles. The SMILES string of the molecule is CCCN1C(=O)C(=O)/C(=C(\O)c2ccc(C)c(C)c2)C1c1sccc1C. The molecule has 1 saturated heterocycles. The number of carbonyl (C=O) groups excluding carboxylic acids is 2. The van der Waals surface area contributed by atoms with E-state index in [9.17, 15) is 14.7 Å². The molecule has 2 aromatic rings. The van der Waals surface area contributed by atoms with E-state index in [1.54, 1.807) is 11.0 Å². The highest BCUT2D eigenvalue weighted by atomic mass is 32.1. The van der Waals surface area contributed by atoms with Crippen molar-refractivity contribution >= 4 is 28.8 Å². The number of aliphatic hydroxyl groups excluding tert-OH is 1. The van der Waals surface area contributed by atoms with E-state index in [4.69, 9.17) is 0 Å². The maximum Gasteiger partial charge on any atom is 0.295 e. The molecule has 1 N–H and O–H groups in total. The number of aryl methyl sites for hydroxylation is 3. The Morgan fingerprint density at radius 2 is 1.85 bits per heavy atom. The van der Waals surface area contributed by atoms with Gasteiger partial charge in [-0.2, -0.15) is 0 Å². The van der Waals surface area contributed by atoms with Crippen molar-refractivity contribution in [3.05, 3.63) is 62.3 Å². The van der Waals surface area contributed by atoms with Gasteiger partial charge in [-0.15, -0.1) is 11.3 Å². The van der Waals surface area contributed by atoms with E-state index in [2.05, 4.69) is 0 Å². The van der Waals surface area contributed by atoms with Gasteiger partial charge in [0.1, 0.15) is 5.76 Å². The van der Waals surface area contributed by atoms with Crippen LogP contribution in [0.5, 0.6) is 0 Å². The third-order valence-corrected chi connectivity index (χ3v) is 6.01. The molecule has 0 saturated carbocycles. The number of ketones is 1. The van der Waals surface area contributed by atoms with Crippen LogP contribution in [-0.2, 0) is 9.59 Å². The smallest absolute Gasteiger partial charge is 0.295 e. The summed E-state index contributed by atoms with van der Waals surface area (Å²) in [5.41, 5.74) is 3.92. The molecule has 1 aromatic carbocycles. The predicted molar refractivity (Wildman–Crippen MR) is 104 cm³/mol. The average molecular weight is 369 g/mol. The summed E-state index contributed by atoms with van der Waals surface area (Å²) in [6.07, 6.45) is 0.748. The molecule has 1 aliphatic heterocycles. The Labute approximate surface area is 157 Å². The number of nitrogens with zero attached hydrogens (tertiary/aromatic N) is 1. The summed E-state index contributed by atoms with van der Waals surface area (Å²) in [5, 5.41) is 12.9. The van der Waals surface area contributed by atoms with Crippen LogP contribution < -0.4 is 0 Å². The van der Waals surface area contributed by atoms with Crippen molar-refractivity contribution in [3.63, 3.8) is 0 Å². The van der Waals surface area contributed by atoms with Gasteiger partial charge in [0.15, 0.2) is 0 Å². The zero-order chi connectivity index (χ0) is 19.0. The van der Waals surface area contributed by atoms with Crippen molar-refractivity contribution in [3.8, 4) is 0 Å². The van der Waals surface area contributed by atoms with Crippen LogP contribution in [0.4, 0.5) is 0 Å². The van der Waals surface area contributed by atoms with Gasteiger partial charge in [0.2, 0.25) is 0 Å². The molecule has 0 radical (unpaired) electrons. The number of thiophene rings is 1. The summed E-state index contributed by atoms with van der Waals surface area (Å²) in [6, 6.07) is 7.02. The first kappa shape index (κ1) is 18.4. The first-order valence-corrected chi connectivity index (χ1v) is 9.64. The monoisotopic (exact) mass is 369 g/mol. The van der Waals surface area contributed by atoms with E-state index in [-0.39, 0.29) is 11.3 Å². The van der Waals surface area contributed by atoms with Gasteiger partial charge in [-0.05, 0) is 61.4 Å². The maximum absolute atomic E-state index is 12.8. The van der Waals surface area contributed by atoms with Gasteiger partial charge >= 0.3 is 0 Å². The van der Waals surface area contributed by atoms with Crippen molar-refractivity contribution in [2.75, 3.05) is 6.54 Å². The largest absolute Gasteiger partial charge is 0.507 e. The number of rotatable bonds is 4. The number of carbonyl (C=O) groups is 2. The van der Waals surface area contributed by atoms with Crippen LogP contribution in [0.2, 0.25) is 0 Å². The average Bonchev–Trinajstić information content (AvgIpc) is 3.13. The van der Waals surface area contributed by atoms with Crippen LogP contribution >= 0.6 is 11.3 Å². The number of hydrogen-bond acceptors (Lipinski definition) is 4. The Hall–Kier alpha value is -2.40. The second-order valence-corrected chi connectivity index (χ2v) is 7.71. The molecule has 1 atom stereocenters. The molecular formula is C21H23NO3S. The molecule has 0 spiro atoms. The van der Waals surface area contributed by atoms with Crippen molar-refractivity contribution in [1.82, 2.24) is 4.90 Å². The Balaban J connectivity index is 2.21. The van der Waals surface area contributed by atoms with Gasteiger partial charge in [-0.25, -0.2) is 0 Å². The summed E-state index contributed by atoms with van der Waals surface area (Å²) >= 11 is 1.51. The summed E-state index contributed by atoms with van der Waals surface area (Å²) in [6.45, 7) is 8.38. The molecular weight excluding hydrogens is 346 g/mol. The van der Waals surface area contributed by atoms with Gasteiger partial charge in [-0.3, -0.25) is 9.59 Å². The van der Waals surface area contributed by atoms with Crippen molar-refractivity contribution in [2.24, 2.45) is 0 Å². The summed E-state index contributed by atoms with van der Waals surface area (Å²) in [7, 11) is 0. The highest BCUT2D eigenvalue weighted by molar-refractivity contribution is 7.10. The minimum atomic E-state index is -0.605. The van der Waals surface area contributed by atoms with Gasteiger partial charge in [0.25, 0.3) is 11.7 Å². The van der Waals surface area contributed by atoms with Crippen LogP contribution in [0.1, 0.15) is 46.5 Å². The Morgan fingerprint density at radius 3 is 2.42 bits per heavy atom. The fourth-order valence-corrected chi connectivity index (χ4v) is 4.38. The van der Waals surface area contributed by atoms with Gasteiger partial charge in [0.05, 0.1) is 11.6 Å². The molecule has 0 aliphatic carbocycles. The first-order valence-electron chi connectivity index (χ1n) is 8.76. The lowest BCUT2D eigenvalue weighted by Gasteiger charge is -2.24. The van der Waals surface area contributed by atoms with Crippen molar-refractivity contribution in [1.29, 1.82) is 0 Å². The molecule has 3 rings (SSSR count). The molecule has 1 unspecified atom stereocenters. The number of Topliss-reactive ketones (excluding diaryl/α,β-unsaturated/α-hetero) is 1. The lowest BCUT2D eigenvalue weighted by molar-refractivity contribution is -0.139. The molecule has 26 heavy (non-hydrogen) atoms. The van der Waals surface area contributed by atoms with E-state index in [1.807, 2.05) is 51.3 Å². The minimum Gasteiger partial charge on any atom is -0.507 e. The molecule has 1 fully saturated rings. The predicted octanol–water partition coefficient (Wildman–Crippen LogP) is 4.51. The van der Waals surface area contributed by atoms with Crippen molar-refractivity contribution in [2.45, 2.75) is 40.2 Å². The quantitative estimate of drug-likeness (QED) is 0.490. The molecule has 1 aliphatic rings. The second kappa shape index (κ2) is 7.08. The van der Waals surface area contributed by atoms with E-state index < -0.39 is 17.7 Å². The lowest BCUT2D eigenvalue weighted by atomic mass is 9.96. The van der Waals surface area contributed by atoms with Crippen LogP contribution in [0.15, 0.2) is 35.2 Å². The highest BCUT2D eigenvalue weighted by Crippen LogP contribution is 2.42. The second-order valence-electron chi connectivity index (χ2n) is 6.76. The van der Waals surface area contributed by atoms with Crippen LogP contribution in [0.3, 0.4) is 0 Å². The van der Waals surface area contributed by atoms with E-state index in [1.165, 1.54) is 11.3 Å². The zero-order valence-corrected chi connectivity index (χ0v) is 16.3. The Kier molecular flexibility index (Phi) is 5.01. The summed E-state index contributed by atoms with van der Waals surface area (Å²) in [4.78, 5) is 27.9. The number of likely N-dealkylation sites (tertiary alicyclic amines) is 1. The van der Waals surface area contributed by atoms with Crippen LogP contribution in [-0.4, -0.2) is 28.2 Å². The fourth-order valence-electron chi connectivity index (χ4n) is 3.33. The Bertz CT molecular complexity index is 910. The number of aliphatic hydroxyl groups is 1. The molecule has 4 nitrogen and oxygen atoms in total. The van der Waals surface area contributed by atoms with Gasteiger partial charge in [-0.1, -0.05) is 19.1 Å². The molecule has 0 bridgehead atoms. The number of benzene rings is 1. The van der Waals surface area contributed by atoms with Crippen LogP contribution in [0, 0.1) is 20.8 Å². The summed E-state index contributed by atoms with van der Waals surface area (Å²) in [5.74, 6) is -1.23. The van der Waals surface area contributed by atoms with E-state index in [0.29, 0.717) is 12.1 Å². The minimum absolute atomic E-state index is 0.0946. The van der Waals surface area contributed by atoms with E-state index >= 15 is 0 Å². The molecule has 1 amide bonds. The van der Waals surface area contributed by atoms with Crippen molar-refractivity contribution < 1.29 is 14.7 Å². The normalized spacial score (nSPS) is 19.4. The summed E-state index contributed by atoms with van der Waals surface area (Å²) < 4.78 is 0. The van der Waals surface area contributed by atoms with E-state index in [0.717, 1.165) is 28.0 Å². The maximum atomic E-state index is 12.8. The number of amides is 1. The fraction of sp³-hybridized carbons (Fsp3) is 0.333. The third-order valence-electron chi connectivity index (χ3n) is 4.93. The highest BCUT2D eigenvalue weighted by Gasteiger charge is 2.46. The molecule has 1 aromatic heterocycles. The van der Waals surface area contributed by atoms with Gasteiger partial charge in [0, 0.05) is 17.0 Å². The standard InChI is InChI=1S/C21H23NO3S/c1-5-9-22-17(20-13(3)8-10-26-20)16(19(24)21(22)25)18(23)15-7-6-12(2)14(4)11-15/h6-8,10-11,17,23H,5,9H2,1-4H3/b18-16-.